The first-order chi connectivity index (χ1) is 10.6. The zero-order valence-corrected chi connectivity index (χ0v) is 14.7. The molecule has 1 unspecified atom stereocenters. The lowest BCUT2D eigenvalue weighted by atomic mass is 10.1. The Labute approximate surface area is 138 Å². The van der Waals surface area contributed by atoms with E-state index in [4.69, 9.17) is 16.2 Å². The Kier molecular flexibility index (Phi) is 4.63. The van der Waals surface area contributed by atoms with Crippen LogP contribution in [0.1, 0.15) is 33.3 Å². The molecule has 1 aromatic carbocycles. The number of benzene rings is 1. The Morgan fingerprint density at radius 2 is 1.83 bits per heavy atom. The monoisotopic (exact) mass is 320 g/mol. The number of amides is 1. The average Bonchev–Trinajstić information content (AvgIpc) is 2.41. The third-order valence-corrected chi connectivity index (χ3v) is 3.99. The molecule has 0 spiro atoms. The minimum absolute atomic E-state index is 0.179. The van der Waals surface area contributed by atoms with Gasteiger partial charge in [0.25, 0.3) is 0 Å². The van der Waals surface area contributed by atoms with Crippen LogP contribution in [-0.2, 0) is 4.74 Å². The van der Waals surface area contributed by atoms with Crippen LogP contribution in [0.15, 0.2) is 12.1 Å². The number of aryl methyl sites for hydroxylation is 1. The Balaban J connectivity index is 2.10. The number of nitrogen functional groups attached to an aromatic ring is 2. The molecule has 0 radical (unpaired) electrons. The van der Waals surface area contributed by atoms with Crippen molar-refractivity contribution in [1.82, 2.24) is 4.90 Å². The molecule has 1 aliphatic heterocycles. The first kappa shape index (κ1) is 17.2. The maximum atomic E-state index is 12.2. The van der Waals surface area contributed by atoms with Gasteiger partial charge in [-0.25, -0.2) is 4.79 Å². The lowest BCUT2D eigenvalue weighted by Crippen LogP contribution is -2.54. The van der Waals surface area contributed by atoms with Crippen LogP contribution in [0.4, 0.5) is 21.9 Å². The molecule has 6 nitrogen and oxygen atoms in total. The van der Waals surface area contributed by atoms with E-state index in [0.29, 0.717) is 24.5 Å². The van der Waals surface area contributed by atoms with Crippen LogP contribution in [0.2, 0.25) is 0 Å². The largest absolute Gasteiger partial charge is 0.444 e. The second-order valence-corrected chi connectivity index (χ2v) is 7.24. The van der Waals surface area contributed by atoms with E-state index in [1.165, 1.54) is 0 Å². The van der Waals surface area contributed by atoms with Gasteiger partial charge in [0.1, 0.15) is 5.60 Å². The zero-order valence-electron chi connectivity index (χ0n) is 14.7. The summed E-state index contributed by atoms with van der Waals surface area (Å²) in [5, 5.41) is 0. The molecule has 1 aromatic rings. The lowest BCUT2D eigenvalue weighted by molar-refractivity contribution is 0.0219. The Hall–Kier alpha value is -2.11. The number of rotatable bonds is 1. The highest BCUT2D eigenvalue weighted by atomic mass is 16.6. The smallest absolute Gasteiger partial charge is 0.410 e. The Morgan fingerprint density at radius 1 is 1.22 bits per heavy atom. The molecule has 1 heterocycles. The van der Waals surface area contributed by atoms with Crippen LogP contribution in [0, 0.1) is 6.92 Å². The first-order valence-corrected chi connectivity index (χ1v) is 7.98. The summed E-state index contributed by atoms with van der Waals surface area (Å²) in [6.45, 7) is 11.8. The van der Waals surface area contributed by atoms with Crippen molar-refractivity contribution in [3.8, 4) is 0 Å². The van der Waals surface area contributed by atoms with Crippen molar-refractivity contribution in [3.63, 3.8) is 0 Å². The Bertz CT molecular complexity index is 595. The SMILES string of the molecule is Cc1cc(N)c(N)cc1N1CCN(C(=O)OC(C)(C)C)CC1C. The van der Waals surface area contributed by atoms with Gasteiger partial charge in [-0.05, 0) is 52.3 Å². The van der Waals surface area contributed by atoms with Gasteiger partial charge in [0, 0.05) is 31.4 Å². The molecule has 1 saturated heterocycles. The number of piperazine rings is 1. The van der Waals surface area contributed by atoms with E-state index in [9.17, 15) is 4.79 Å². The van der Waals surface area contributed by atoms with Crippen molar-refractivity contribution < 1.29 is 9.53 Å². The quantitative estimate of drug-likeness (QED) is 0.777. The number of carbonyl (C=O) groups is 1. The fourth-order valence-electron chi connectivity index (χ4n) is 2.85. The predicted octanol–water partition coefficient (Wildman–Crippen LogP) is 2.61. The molecule has 0 bridgehead atoms. The maximum absolute atomic E-state index is 12.2. The molecular formula is C17H28N4O2. The summed E-state index contributed by atoms with van der Waals surface area (Å²) in [4.78, 5) is 16.3. The maximum Gasteiger partial charge on any atom is 0.410 e. The Morgan fingerprint density at radius 3 is 2.39 bits per heavy atom. The van der Waals surface area contributed by atoms with Gasteiger partial charge in [-0.2, -0.15) is 0 Å². The van der Waals surface area contributed by atoms with Crippen molar-refractivity contribution in [3.05, 3.63) is 17.7 Å². The number of anilines is 3. The molecule has 23 heavy (non-hydrogen) atoms. The summed E-state index contributed by atoms with van der Waals surface area (Å²) in [6, 6.07) is 4.00. The number of hydrogen-bond donors (Lipinski definition) is 2. The molecule has 1 atom stereocenters. The molecule has 0 aromatic heterocycles. The third-order valence-electron chi connectivity index (χ3n) is 3.99. The highest BCUT2D eigenvalue weighted by molar-refractivity contribution is 5.74. The van der Waals surface area contributed by atoms with E-state index in [2.05, 4.69) is 11.8 Å². The van der Waals surface area contributed by atoms with Gasteiger partial charge in [-0.15, -0.1) is 0 Å². The number of nitrogens with two attached hydrogens (primary N) is 2. The molecule has 2 rings (SSSR count). The van der Waals surface area contributed by atoms with Crippen molar-refractivity contribution in [2.75, 3.05) is 36.0 Å². The molecule has 128 valence electrons. The average molecular weight is 320 g/mol. The van der Waals surface area contributed by atoms with Crippen LogP contribution in [0.25, 0.3) is 0 Å². The van der Waals surface area contributed by atoms with E-state index >= 15 is 0 Å². The van der Waals surface area contributed by atoms with Gasteiger partial charge in [0.05, 0.1) is 11.4 Å². The van der Waals surface area contributed by atoms with E-state index in [0.717, 1.165) is 17.8 Å². The fourth-order valence-corrected chi connectivity index (χ4v) is 2.85. The first-order valence-electron chi connectivity index (χ1n) is 7.98. The molecule has 1 amide bonds. The number of carbonyl (C=O) groups excluding carboxylic acids is 1. The van der Waals surface area contributed by atoms with Gasteiger partial charge in [-0.1, -0.05) is 0 Å². The van der Waals surface area contributed by atoms with Gasteiger partial charge in [-0.3, -0.25) is 0 Å². The van der Waals surface area contributed by atoms with Crippen LogP contribution >= 0.6 is 0 Å². The van der Waals surface area contributed by atoms with E-state index in [1.807, 2.05) is 39.8 Å². The number of hydrogen-bond acceptors (Lipinski definition) is 5. The van der Waals surface area contributed by atoms with Crippen LogP contribution in [-0.4, -0.2) is 42.3 Å². The molecule has 6 heteroatoms. The lowest BCUT2D eigenvalue weighted by Gasteiger charge is -2.42. The minimum Gasteiger partial charge on any atom is -0.444 e. The summed E-state index contributed by atoms with van der Waals surface area (Å²) in [5.74, 6) is 0. The second-order valence-electron chi connectivity index (χ2n) is 7.24. The molecule has 0 aliphatic carbocycles. The van der Waals surface area contributed by atoms with E-state index in [1.54, 1.807) is 4.90 Å². The van der Waals surface area contributed by atoms with Gasteiger partial charge in [0.15, 0.2) is 0 Å². The van der Waals surface area contributed by atoms with Gasteiger partial charge < -0.3 is 26.0 Å². The van der Waals surface area contributed by atoms with Crippen LogP contribution in [0.5, 0.6) is 0 Å². The molecule has 1 fully saturated rings. The van der Waals surface area contributed by atoms with Crippen molar-refractivity contribution in [1.29, 1.82) is 0 Å². The molecule has 1 aliphatic rings. The van der Waals surface area contributed by atoms with Crippen molar-refractivity contribution >= 4 is 23.2 Å². The molecule has 0 saturated carbocycles. The molecule has 4 N–H and O–H groups in total. The normalized spacial score (nSPS) is 18.9. The van der Waals surface area contributed by atoms with Gasteiger partial charge >= 0.3 is 6.09 Å². The standard InChI is InChI=1S/C17H28N4O2/c1-11-8-13(18)14(19)9-15(11)21-7-6-20(10-12(21)2)16(22)23-17(3,4)5/h8-9,12H,6-7,10,18-19H2,1-5H3. The van der Waals surface area contributed by atoms with Crippen molar-refractivity contribution in [2.24, 2.45) is 0 Å². The predicted molar refractivity (Wildman–Crippen MR) is 94.6 cm³/mol. The summed E-state index contributed by atoms with van der Waals surface area (Å²) in [5.41, 5.74) is 14.7. The minimum atomic E-state index is -0.473. The third kappa shape index (κ3) is 4.00. The van der Waals surface area contributed by atoms with Crippen molar-refractivity contribution in [2.45, 2.75) is 46.3 Å². The van der Waals surface area contributed by atoms with Crippen LogP contribution in [0.3, 0.4) is 0 Å². The van der Waals surface area contributed by atoms with Gasteiger partial charge in [0.2, 0.25) is 0 Å². The fraction of sp³-hybridized carbons (Fsp3) is 0.588. The van der Waals surface area contributed by atoms with E-state index in [-0.39, 0.29) is 12.1 Å². The topological polar surface area (TPSA) is 84.8 Å². The second kappa shape index (κ2) is 6.18. The highest BCUT2D eigenvalue weighted by Gasteiger charge is 2.30. The van der Waals surface area contributed by atoms with Crippen LogP contribution < -0.4 is 16.4 Å². The highest BCUT2D eigenvalue weighted by Crippen LogP contribution is 2.30. The summed E-state index contributed by atoms with van der Waals surface area (Å²) >= 11 is 0. The zero-order chi connectivity index (χ0) is 17.4. The summed E-state index contributed by atoms with van der Waals surface area (Å²) in [7, 11) is 0. The molecular weight excluding hydrogens is 292 g/mol. The summed E-state index contributed by atoms with van der Waals surface area (Å²) < 4.78 is 5.46. The van der Waals surface area contributed by atoms with E-state index < -0.39 is 5.60 Å². The number of nitrogens with zero attached hydrogens (tertiary/aromatic N) is 2. The summed E-state index contributed by atoms with van der Waals surface area (Å²) in [6.07, 6.45) is -0.252. The number of ether oxygens (including phenoxy) is 1.